The second-order valence-electron chi connectivity index (χ2n) is 9.34. The number of carbonyl (C=O) groups excluding carboxylic acids is 1. The minimum atomic E-state index is -0.300. The van der Waals surface area contributed by atoms with Gasteiger partial charge in [-0.15, -0.1) is 0 Å². The summed E-state index contributed by atoms with van der Waals surface area (Å²) in [7, 11) is 1.64. The van der Waals surface area contributed by atoms with Gasteiger partial charge in [-0.3, -0.25) is 14.8 Å². The SMILES string of the molecule is CCCOc1ccc(C2c3c(-c4ccc(Cl)cc4)n[nH]c3C(=O)N2CCCN2CCOCC2)cc1OC. The van der Waals surface area contributed by atoms with Crippen LogP contribution in [0.3, 0.4) is 0 Å². The number of carbonyl (C=O) groups is 1. The van der Waals surface area contributed by atoms with Crippen LogP contribution in [0, 0.1) is 0 Å². The van der Waals surface area contributed by atoms with Crippen molar-refractivity contribution in [3.63, 3.8) is 0 Å². The quantitative estimate of drug-likeness (QED) is 0.410. The molecule has 8 nitrogen and oxygen atoms in total. The van der Waals surface area contributed by atoms with E-state index in [1.165, 1.54) is 0 Å². The van der Waals surface area contributed by atoms with Crippen molar-refractivity contribution in [1.29, 1.82) is 0 Å². The van der Waals surface area contributed by atoms with Crippen LogP contribution in [0.2, 0.25) is 5.02 Å². The van der Waals surface area contributed by atoms with E-state index >= 15 is 0 Å². The molecule has 0 radical (unpaired) electrons. The van der Waals surface area contributed by atoms with Crippen molar-refractivity contribution >= 4 is 17.5 Å². The molecule has 1 saturated heterocycles. The molecule has 37 heavy (non-hydrogen) atoms. The Morgan fingerprint density at radius 1 is 1.11 bits per heavy atom. The third kappa shape index (κ3) is 5.32. The number of amides is 1. The van der Waals surface area contributed by atoms with Gasteiger partial charge in [-0.05, 0) is 42.7 Å². The van der Waals surface area contributed by atoms with Crippen LogP contribution in [0.1, 0.15) is 47.4 Å². The minimum absolute atomic E-state index is 0.0417. The average molecular weight is 525 g/mol. The van der Waals surface area contributed by atoms with Crippen LogP contribution in [0.4, 0.5) is 0 Å². The summed E-state index contributed by atoms with van der Waals surface area (Å²) >= 11 is 6.14. The number of H-pyrrole nitrogens is 1. The molecule has 1 unspecified atom stereocenters. The maximum Gasteiger partial charge on any atom is 0.273 e. The van der Waals surface area contributed by atoms with Gasteiger partial charge < -0.3 is 19.1 Å². The van der Waals surface area contributed by atoms with Crippen molar-refractivity contribution in [3.05, 3.63) is 64.3 Å². The molecule has 2 aromatic carbocycles. The highest BCUT2D eigenvalue weighted by Crippen LogP contribution is 2.44. The zero-order valence-corrected chi connectivity index (χ0v) is 22.1. The number of ether oxygens (including phenoxy) is 3. The molecular formula is C28H33ClN4O4. The summed E-state index contributed by atoms with van der Waals surface area (Å²) in [6.45, 7) is 7.60. The van der Waals surface area contributed by atoms with Crippen molar-refractivity contribution in [2.24, 2.45) is 0 Å². The fourth-order valence-electron chi connectivity index (χ4n) is 5.08. The fraction of sp³-hybridized carbons (Fsp3) is 0.429. The second-order valence-corrected chi connectivity index (χ2v) is 9.77. The van der Waals surface area contributed by atoms with Gasteiger partial charge in [-0.2, -0.15) is 5.10 Å². The maximum atomic E-state index is 13.7. The standard InChI is InChI=1S/C28H33ClN4O4/c1-3-15-37-22-10-7-20(18-23(22)35-2)27-24-25(19-5-8-21(29)9-6-19)30-31-26(24)28(34)33(27)12-4-11-32-13-16-36-17-14-32/h5-10,18,27H,3-4,11-17H2,1-2H3,(H,30,31). The van der Waals surface area contributed by atoms with Gasteiger partial charge in [0, 0.05) is 42.3 Å². The lowest BCUT2D eigenvalue weighted by atomic mass is 9.95. The van der Waals surface area contributed by atoms with Crippen LogP contribution in [-0.2, 0) is 4.74 Å². The monoisotopic (exact) mass is 524 g/mol. The molecule has 2 aliphatic heterocycles. The highest BCUT2D eigenvalue weighted by molar-refractivity contribution is 6.30. The number of fused-ring (bicyclic) bond motifs is 1. The van der Waals surface area contributed by atoms with Crippen molar-refractivity contribution in [2.45, 2.75) is 25.8 Å². The summed E-state index contributed by atoms with van der Waals surface area (Å²) in [5.41, 5.74) is 4.03. The summed E-state index contributed by atoms with van der Waals surface area (Å²) in [6, 6.07) is 13.2. The van der Waals surface area contributed by atoms with E-state index in [2.05, 4.69) is 22.0 Å². The summed E-state index contributed by atoms with van der Waals surface area (Å²) < 4.78 is 17.0. The first-order valence-electron chi connectivity index (χ1n) is 12.9. The van der Waals surface area contributed by atoms with E-state index in [0.717, 1.165) is 68.1 Å². The largest absolute Gasteiger partial charge is 0.493 e. The fourth-order valence-corrected chi connectivity index (χ4v) is 5.20. The van der Waals surface area contributed by atoms with Gasteiger partial charge in [0.15, 0.2) is 11.5 Å². The highest BCUT2D eigenvalue weighted by atomic mass is 35.5. The molecule has 1 atom stereocenters. The van der Waals surface area contributed by atoms with Crippen LogP contribution in [0.5, 0.6) is 11.5 Å². The molecule has 196 valence electrons. The Bertz CT molecular complexity index is 1220. The van der Waals surface area contributed by atoms with Gasteiger partial charge >= 0.3 is 0 Å². The molecule has 2 aliphatic rings. The molecule has 1 fully saturated rings. The minimum Gasteiger partial charge on any atom is -0.493 e. The van der Waals surface area contributed by atoms with E-state index in [-0.39, 0.29) is 11.9 Å². The number of benzene rings is 2. The van der Waals surface area contributed by atoms with Gasteiger partial charge in [0.1, 0.15) is 5.69 Å². The molecule has 0 saturated carbocycles. The maximum absolute atomic E-state index is 13.7. The number of hydrogen-bond acceptors (Lipinski definition) is 6. The molecule has 3 aromatic rings. The van der Waals surface area contributed by atoms with Gasteiger partial charge in [-0.1, -0.05) is 36.7 Å². The predicted octanol–water partition coefficient (Wildman–Crippen LogP) is 4.80. The zero-order valence-electron chi connectivity index (χ0n) is 21.3. The predicted molar refractivity (Wildman–Crippen MR) is 143 cm³/mol. The molecular weight excluding hydrogens is 492 g/mol. The number of aromatic amines is 1. The van der Waals surface area contributed by atoms with Gasteiger partial charge in [-0.25, -0.2) is 0 Å². The number of hydrogen-bond donors (Lipinski definition) is 1. The summed E-state index contributed by atoms with van der Waals surface area (Å²) in [4.78, 5) is 18.0. The lowest BCUT2D eigenvalue weighted by Crippen LogP contribution is -2.38. The van der Waals surface area contributed by atoms with Crippen LogP contribution < -0.4 is 9.47 Å². The molecule has 3 heterocycles. The van der Waals surface area contributed by atoms with E-state index < -0.39 is 0 Å². The van der Waals surface area contributed by atoms with Crippen LogP contribution in [0.15, 0.2) is 42.5 Å². The molecule has 0 bridgehead atoms. The summed E-state index contributed by atoms with van der Waals surface area (Å²) in [6.07, 6.45) is 1.77. The molecule has 1 aromatic heterocycles. The average Bonchev–Trinajstić information content (AvgIpc) is 3.47. The Labute approximate surface area is 222 Å². The third-order valence-corrected chi connectivity index (χ3v) is 7.18. The summed E-state index contributed by atoms with van der Waals surface area (Å²) in [5, 5.41) is 8.24. The Hall–Kier alpha value is -3.07. The molecule has 9 heteroatoms. The molecule has 5 rings (SSSR count). The first-order valence-corrected chi connectivity index (χ1v) is 13.2. The number of morpholine rings is 1. The Kier molecular flexibility index (Phi) is 7.98. The molecule has 1 amide bonds. The molecule has 0 aliphatic carbocycles. The van der Waals surface area contributed by atoms with Crippen LogP contribution in [-0.4, -0.2) is 79.0 Å². The van der Waals surface area contributed by atoms with E-state index in [1.807, 2.05) is 47.4 Å². The van der Waals surface area contributed by atoms with E-state index in [4.69, 9.17) is 25.8 Å². The molecule has 0 spiro atoms. The van der Waals surface area contributed by atoms with Crippen molar-refractivity contribution in [3.8, 4) is 22.8 Å². The van der Waals surface area contributed by atoms with Gasteiger partial charge in [0.2, 0.25) is 0 Å². The van der Waals surface area contributed by atoms with Gasteiger partial charge in [0.25, 0.3) is 5.91 Å². The van der Waals surface area contributed by atoms with Crippen LogP contribution >= 0.6 is 11.6 Å². The first-order chi connectivity index (χ1) is 18.1. The lowest BCUT2D eigenvalue weighted by molar-refractivity contribution is 0.0354. The number of nitrogens with zero attached hydrogens (tertiary/aromatic N) is 3. The van der Waals surface area contributed by atoms with Crippen molar-refractivity contribution in [2.75, 3.05) is 53.1 Å². The first kappa shape index (κ1) is 25.6. The number of aromatic nitrogens is 2. The second kappa shape index (κ2) is 11.5. The van der Waals surface area contributed by atoms with Crippen molar-refractivity contribution in [1.82, 2.24) is 20.0 Å². The summed E-state index contributed by atoms with van der Waals surface area (Å²) in [5.74, 6) is 1.30. The van der Waals surface area contributed by atoms with Gasteiger partial charge in [0.05, 0.1) is 38.7 Å². The van der Waals surface area contributed by atoms with E-state index in [9.17, 15) is 4.79 Å². The lowest BCUT2D eigenvalue weighted by Gasteiger charge is -2.30. The Morgan fingerprint density at radius 2 is 1.89 bits per heavy atom. The number of nitrogens with one attached hydrogen (secondary N) is 1. The Morgan fingerprint density at radius 3 is 2.62 bits per heavy atom. The number of rotatable bonds is 10. The van der Waals surface area contributed by atoms with E-state index in [0.29, 0.717) is 35.4 Å². The number of halogens is 1. The zero-order chi connectivity index (χ0) is 25.8. The van der Waals surface area contributed by atoms with E-state index in [1.54, 1.807) is 7.11 Å². The molecule has 1 N–H and O–H groups in total. The highest BCUT2D eigenvalue weighted by Gasteiger charge is 2.42. The smallest absolute Gasteiger partial charge is 0.273 e. The normalized spacial score (nSPS) is 17.8. The Balaban J connectivity index is 1.49. The number of methoxy groups -OCH3 is 1. The third-order valence-electron chi connectivity index (χ3n) is 6.92. The van der Waals surface area contributed by atoms with Crippen LogP contribution in [0.25, 0.3) is 11.3 Å². The van der Waals surface area contributed by atoms with Crippen molar-refractivity contribution < 1.29 is 19.0 Å². The topological polar surface area (TPSA) is 79.9 Å².